The minimum Gasteiger partial charge on any atom is -0.474 e. The lowest BCUT2D eigenvalue weighted by atomic mass is 9.97. The van der Waals surface area contributed by atoms with E-state index in [0.717, 1.165) is 43.5 Å². The Morgan fingerprint density at radius 3 is 2.75 bits per heavy atom. The van der Waals surface area contributed by atoms with Crippen LogP contribution in [0.2, 0.25) is 0 Å². The standard InChI is InChI=1S/C19H30N4O/c1-22-10-7-18(8-11-22)24-19-5-4-16(14-20-19)21-15-6-12-23-9-2-3-17(23)13-15/h4-5,14-15,17-18,21H,2-3,6-13H2,1H3/t15-,17-/m1/s1. The first kappa shape index (κ1) is 16.2. The van der Waals surface area contributed by atoms with E-state index in [1.807, 2.05) is 12.3 Å². The first-order chi connectivity index (χ1) is 11.8. The summed E-state index contributed by atoms with van der Waals surface area (Å²) >= 11 is 0. The van der Waals surface area contributed by atoms with Crippen LogP contribution in [-0.2, 0) is 0 Å². The normalized spacial score (nSPS) is 29.4. The van der Waals surface area contributed by atoms with Crippen LogP contribution in [0.4, 0.5) is 5.69 Å². The van der Waals surface area contributed by atoms with Crippen molar-refractivity contribution in [3.8, 4) is 5.88 Å². The van der Waals surface area contributed by atoms with Gasteiger partial charge in [-0.3, -0.25) is 0 Å². The monoisotopic (exact) mass is 330 g/mol. The number of pyridine rings is 1. The Labute approximate surface area is 145 Å². The van der Waals surface area contributed by atoms with Crippen molar-refractivity contribution >= 4 is 5.69 Å². The molecule has 3 aliphatic heterocycles. The molecule has 0 aliphatic carbocycles. The summed E-state index contributed by atoms with van der Waals surface area (Å²) in [6.07, 6.45) is 9.71. The summed E-state index contributed by atoms with van der Waals surface area (Å²) in [5.74, 6) is 0.765. The Kier molecular flexibility index (Phi) is 4.90. The van der Waals surface area contributed by atoms with E-state index in [9.17, 15) is 0 Å². The summed E-state index contributed by atoms with van der Waals surface area (Å²) in [7, 11) is 2.17. The number of piperidine rings is 2. The maximum atomic E-state index is 6.03. The zero-order valence-electron chi connectivity index (χ0n) is 14.8. The van der Waals surface area contributed by atoms with Gasteiger partial charge in [0.1, 0.15) is 6.10 Å². The van der Waals surface area contributed by atoms with Crippen LogP contribution < -0.4 is 10.1 Å². The zero-order chi connectivity index (χ0) is 16.4. The molecule has 0 amide bonds. The van der Waals surface area contributed by atoms with Crippen molar-refractivity contribution in [2.24, 2.45) is 0 Å². The Hall–Kier alpha value is -1.33. The minimum atomic E-state index is 0.319. The van der Waals surface area contributed by atoms with Gasteiger partial charge in [-0.1, -0.05) is 0 Å². The predicted octanol–water partition coefficient (Wildman–Crippen LogP) is 2.59. The maximum absolute atomic E-state index is 6.03. The van der Waals surface area contributed by atoms with Gasteiger partial charge in [0, 0.05) is 37.8 Å². The van der Waals surface area contributed by atoms with Crippen LogP contribution in [-0.4, -0.2) is 66.2 Å². The fourth-order valence-corrected chi connectivity index (χ4v) is 4.40. The summed E-state index contributed by atoms with van der Waals surface area (Å²) in [6.45, 7) is 4.78. The van der Waals surface area contributed by atoms with E-state index in [2.05, 4.69) is 33.2 Å². The molecule has 3 aliphatic rings. The van der Waals surface area contributed by atoms with Gasteiger partial charge in [-0.2, -0.15) is 0 Å². The third-order valence-electron chi connectivity index (χ3n) is 5.88. The zero-order valence-corrected chi connectivity index (χ0v) is 14.8. The SMILES string of the molecule is CN1CCC(Oc2ccc(N[C@@H]3CCN4CCC[C@@H]4C3)cn2)CC1. The number of hydrogen-bond acceptors (Lipinski definition) is 5. The molecule has 0 saturated carbocycles. The number of likely N-dealkylation sites (tertiary alicyclic amines) is 1. The van der Waals surface area contributed by atoms with Crippen molar-refractivity contribution in [3.63, 3.8) is 0 Å². The molecule has 5 nitrogen and oxygen atoms in total. The Balaban J connectivity index is 1.28. The average molecular weight is 330 g/mol. The molecule has 0 aromatic carbocycles. The molecule has 132 valence electrons. The fraction of sp³-hybridized carbons (Fsp3) is 0.737. The summed E-state index contributed by atoms with van der Waals surface area (Å²) in [4.78, 5) is 9.53. The third kappa shape index (κ3) is 3.83. The number of aromatic nitrogens is 1. The topological polar surface area (TPSA) is 40.6 Å². The van der Waals surface area contributed by atoms with Gasteiger partial charge < -0.3 is 19.9 Å². The van der Waals surface area contributed by atoms with Gasteiger partial charge in [0.2, 0.25) is 5.88 Å². The Morgan fingerprint density at radius 2 is 1.96 bits per heavy atom. The van der Waals surface area contributed by atoms with E-state index in [1.165, 1.54) is 38.8 Å². The summed E-state index contributed by atoms with van der Waals surface area (Å²) in [5, 5.41) is 3.68. The second-order valence-corrected chi connectivity index (χ2v) is 7.70. The highest BCUT2D eigenvalue weighted by Gasteiger charge is 2.31. The molecular formula is C19H30N4O. The van der Waals surface area contributed by atoms with Crippen molar-refractivity contribution in [1.29, 1.82) is 0 Å². The van der Waals surface area contributed by atoms with Crippen LogP contribution in [0, 0.1) is 0 Å². The van der Waals surface area contributed by atoms with Gasteiger partial charge >= 0.3 is 0 Å². The smallest absolute Gasteiger partial charge is 0.213 e. The molecule has 24 heavy (non-hydrogen) atoms. The molecule has 0 bridgehead atoms. The number of hydrogen-bond donors (Lipinski definition) is 1. The molecule has 3 saturated heterocycles. The lowest BCUT2D eigenvalue weighted by molar-refractivity contribution is 0.110. The van der Waals surface area contributed by atoms with Crippen molar-refractivity contribution < 1.29 is 4.74 Å². The van der Waals surface area contributed by atoms with E-state index in [4.69, 9.17) is 4.74 Å². The average Bonchev–Trinajstić information content (AvgIpc) is 3.06. The van der Waals surface area contributed by atoms with Crippen molar-refractivity contribution in [2.75, 3.05) is 38.5 Å². The van der Waals surface area contributed by atoms with Crippen LogP contribution in [0.3, 0.4) is 0 Å². The number of rotatable bonds is 4. The van der Waals surface area contributed by atoms with Crippen LogP contribution in [0.25, 0.3) is 0 Å². The highest BCUT2D eigenvalue weighted by molar-refractivity contribution is 5.43. The molecule has 1 aromatic heterocycles. The molecule has 1 N–H and O–H groups in total. The minimum absolute atomic E-state index is 0.319. The second-order valence-electron chi connectivity index (χ2n) is 7.70. The third-order valence-corrected chi connectivity index (χ3v) is 5.88. The molecule has 1 aromatic rings. The summed E-state index contributed by atoms with van der Waals surface area (Å²) in [5.41, 5.74) is 1.13. The van der Waals surface area contributed by atoms with E-state index >= 15 is 0 Å². The van der Waals surface area contributed by atoms with Crippen molar-refractivity contribution in [3.05, 3.63) is 18.3 Å². The van der Waals surface area contributed by atoms with Crippen LogP contribution >= 0.6 is 0 Å². The molecular weight excluding hydrogens is 300 g/mol. The van der Waals surface area contributed by atoms with Crippen molar-refractivity contribution in [1.82, 2.24) is 14.8 Å². The molecule has 4 rings (SSSR count). The number of nitrogens with zero attached hydrogens (tertiary/aromatic N) is 3. The molecule has 2 atom stereocenters. The van der Waals surface area contributed by atoms with Crippen molar-refractivity contribution in [2.45, 2.75) is 56.7 Å². The van der Waals surface area contributed by atoms with E-state index < -0.39 is 0 Å². The number of fused-ring (bicyclic) bond motifs is 1. The molecule has 4 heterocycles. The lowest BCUT2D eigenvalue weighted by Gasteiger charge is -2.35. The quantitative estimate of drug-likeness (QED) is 0.919. The van der Waals surface area contributed by atoms with Gasteiger partial charge in [0.25, 0.3) is 0 Å². The van der Waals surface area contributed by atoms with Gasteiger partial charge in [-0.15, -0.1) is 0 Å². The lowest BCUT2D eigenvalue weighted by Crippen LogP contribution is -2.42. The van der Waals surface area contributed by atoms with E-state index in [-0.39, 0.29) is 0 Å². The number of anilines is 1. The maximum Gasteiger partial charge on any atom is 0.213 e. The second kappa shape index (κ2) is 7.28. The summed E-state index contributed by atoms with van der Waals surface area (Å²) in [6, 6.07) is 5.53. The van der Waals surface area contributed by atoms with E-state index in [0.29, 0.717) is 12.1 Å². The highest BCUT2D eigenvalue weighted by atomic mass is 16.5. The molecule has 5 heteroatoms. The van der Waals surface area contributed by atoms with Gasteiger partial charge in [-0.25, -0.2) is 4.98 Å². The molecule has 0 radical (unpaired) electrons. The summed E-state index contributed by atoms with van der Waals surface area (Å²) < 4.78 is 6.03. The Bertz CT molecular complexity index is 527. The molecule has 0 spiro atoms. The van der Waals surface area contributed by atoms with Crippen LogP contribution in [0.1, 0.15) is 38.5 Å². The number of nitrogens with one attached hydrogen (secondary N) is 1. The highest BCUT2D eigenvalue weighted by Crippen LogP contribution is 2.28. The van der Waals surface area contributed by atoms with Crippen LogP contribution in [0.5, 0.6) is 5.88 Å². The molecule has 0 unspecified atom stereocenters. The van der Waals surface area contributed by atoms with Gasteiger partial charge in [-0.05, 0) is 58.2 Å². The predicted molar refractivity (Wildman–Crippen MR) is 96.6 cm³/mol. The molecule has 3 fully saturated rings. The van der Waals surface area contributed by atoms with E-state index in [1.54, 1.807) is 0 Å². The largest absolute Gasteiger partial charge is 0.474 e. The number of ether oxygens (including phenoxy) is 1. The van der Waals surface area contributed by atoms with Gasteiger partial charge in [0.05, 0.1) is 11.9 Å². The first-order valence-corrected chi connectivity index (χ1v) is 9.58. The van der Waals surface area contributed by atoms with Gasteiger partial charge in [0.15, 0.2) is 0 Å². The van der Waals surface area contributed by atoms with Crippen LogP contribution in [0.15, 0.2) is 18.3 Å². The first-order valence-electron chi connectivity index (χ1n) is 9.58. The Morgan fingerprint density at radius 1 is 1.08 bits per heavy atom. The fourth-order valence-electron chi connectivity index (χ4n) is 4.40.